The van der Waals surface area contributed by atoms with Gasteiger partial charge in [-0.05, 0) is 53.4 Å². The zero-order valence-electron chi connectivity index (χ0n) is 25.1. The number of rotatable bonds is 7. The summed E-state index contributed by atoms with van der Waals surface area (Å²) in [6, 6.07) is -1.11. The molecule has 0 radical (unpaired) electrons. The number of hydrogen-bond acceptors (Lipinski definition) is 9. The van der Waals surface area contributed by atoms with Crippen LogP contribution < -0.4 is 10.6 Å². The third kappa shape index (κ3) is 6.44. The Morgan fingerprint density at radius 3 is 2.64 bits per heavy atom. The summed E-state index contributed by atoms with van der Waals surface area (Å²) in [5, 5.41) is 5.60. The molecule has 0 aromatic carbocycles. The number of morpholine rings is 1. The Kier molecular flexibility index (Phi) is 9.13. The predicted molar refractivity (Wildman–Crippen MR) is 150 cm³/mol. The lowest BCUT2D eigenvalue weighted by atomic mass is 9.69. The highest BCUT2D eigenvalue weighted by Gasteiger charge is 2.60. The highest BCUT2D eigenvalue weighted by molar-refractivity contribution is 6.20. The van der Waals surface area contributed by atoms with E-state index in [2.05, 4.69) is 20.4 Å². The number of likely N-dealkylation sites (tertiary alicyclic amines) is 1. The van der Waals surface area contributed by atoms with E-state index in [4.69, 9.17) is 14.2 Å². The Hall–Kier alpha value is -2.73. The Balaban J connectivity index is 1.34. The first-order valence-electron chi connectivity index (χ1n) is 15.5. The van der Waals surface area contributed by atoms with Crippen LogP contribution in [-0.2, 0) is 28.6 Å². The summed E-state index contributed by atoms with van der Waals surface area (Å²) in [5.41, 5.74) is -0.600. The molecule has 2 saturated heterocycles. The zero-order valence-corrected chi connectivity index (χ0v) is 25.1. The molecule has 11 nitrogen and oxygen atoms in total. The molecule has 12 heteroatoms. The fourth-order valence-electron chi connectivity index (χ4n) is 7.42. The number of hydrogen-bond donors (Lipinski definition) is 2. The van der Waals surface area contributed by atoms with Crippen molar-refractivity contribution in [3.8, 4) is 0 Å². The number of fused-ring (bicyclic) bond motifs is 2. The number of nitrogens with one attached hydrogen (secondary N) is 2. The third-order valence-electron chi connectivity index (χ3n) is 9.07. The van der Waals surface area contributed by atoms with E-state index in [1.165, 1.54) is 0 Å². The lowest BCUT2D eigenvalue weighted by Gasteiger charge is -2.60. The van der Waals surface area contributed by atoms with Crippen molar-refractivity contribution in [2.75, 3.05) is 26.2 Å². The standard InChI is InChI=1S/C30H45FN4O7/c1-5-40-23(36)10-12-32-28(38)19-16-35-21-8-6-7-9-22(21)41-27-24(35)18(26(19)37)14-20(31)25(27)34-13-11-17(15-34)33-29(39)42-30(2,3)4/h16-18,20-22,24-25,27H,5-15H2,1-4H3,(H,32,38)(H,33,39). The maximum absolute atomic E-state index is 16.2. The smallest absolute Gasteiger partial charge is 0.407 e. The second-order valence-electron chi connectivity index (χ2n) is 13.1. The van der Waals surface area contributed by atoms with E-state index < -0.39 is 47.8 Å². The molecule has 3 aliphatic heterocycles. The van der Waals surface area contributed by atoms with E-state index in [0.29, 0.717) is 19.5 Å². The van der Waals surface area contributed by atoms with Crippen molar-refractivity contribution in [3.05, 3.63) is 11.8 Å². The van der Waals surface area contributed by atoms with Gasteiger partial charge in [0.25, 0.3) is 5.91 Å². The van der Waals surface area contributed by atoms with Crippen LogP contribution in [0.3, 0.4) is 0 Å². The Bertz CT molecular complexity index is 1090. The monoisotopic (exact) mass is 592 g/mol. The molecular formula is C30H45FN4O7. The highest BCUT2D eigenvalue weighted by Crippen LogP contribution is 2.47. The van der Waals surface area contributed by atoms with Gasteiger partial charge < -0.3 is 29.7 Å². The van der Waals surface area contributed by atoms with Crippen molar-refractivity contribution in [2.45, 2.75) is 121 Å². The first-order valence-corrected chi connectivity index (χ1v) is 15.5. The second kappa shape index (κ2) is 12.5. The molecule has 3 heterocycles. The van der Waals surface area contributed by atoms with Gasteiger partial charge in [-0.2, -0.15) is 0 Å². The normalized spacial score (nSPS) is 34.5. The Morgan fingerprint density at radius 2 is 1.90 bits per heavy atom. The Labute approximate surface area is 246 Å². The number of carbonyl (C=O) groups is 4. The molecule has 2 amide bonds. The largest absolute Gasteiger partial charge is 0.466 e. The van der Waals surface area contributed by atoms with Crippen LogP contribution >= 0.6 is 0 Å². The fraction of sp³-hybridized carbons (Fsp3) is 0.800. The van der Waals surface area contributed by atoms with Crippen molar-refractivity contribution >= 4 is 23.8 Å². The number of alkyl carbamates (subject to hydrolysis) is 1. The van der Waals surface area contributed by atoms with Crippen molar-refractivity contribution in [1.29, 1.82) is 0 Å². The van der Waals surface area contributed by atoms with Crippen LogP contribution in [0.5, 0.6) is 0 Å². The number of amides is 2. The van der Waals surface area contributed by atoms with Gasteiger partial charge in [-0.1, -0.05) is 12.8 Å². The number of nitrogens with zero attached hydrogens (tertiary/aromatic N) is 2. The zero-order chi connectivity index (χ0) is 30.2. The lowest BCUT2D eigenvalue weighted by molar-refractivity contribution is -0.209. The van der Waals surface area contributed by atoms with E-state index in [0.717, 1.165) is 25.7 Å². The molecule has 0 spiro atoms. The maximum Gasteiger partial charge on any atom is 0.407 e. The summed E-state index contributed by atoms with van der Waals surface area (Å²) in [4.78, 5) is 55.1. The van der Waals surface area contributed by atoms with Crippen LogP contribution in [0.15, 0.2) is 11.8 Å². The van der Waals surface area contributed by atoms with Crippen molar-refractivity contribution in [3.63, 3.8) is 0 Å². The van der Waals surface area contributed by atoms with Gasteiger partial charge >= 0.3 is 12.1 Å². The van der Waals surface area contributed by atoms with Crippen LogP contribution in [0, 0.1) is 5.92 Å². The van der Waals surface area contributed by atoms with E-state index in [1.54, 1.807) is 13.1 Å². The number of ether oxygens (including phenoxy) is 3. The van der Waals surface area contributed by atoms with Gasteiger partial charge in [0.15, 0.2) is 5.78 Å². The summed E-state index contributed by atoms with van der Waals surface area (Å²) in [5.74, 6) is -2.06. The lowest BCUT2D eigenvalue weighted by Crippen LogP contribution is -2.73. The molecule has 0 aromatic rings. The molecule has 2 saturated carbocycles. The molecular weight excluding hydrogens is 547 g/mol. The van der Waals surface area contributed by atoms with E-state index in [1.807, 2.05) is 20.8 Å². The van der Waals surface area contributed by atoms with Crippen molar-refractivity contribution in [1.82, 2.24) is 20.4 Å². The SMILES string of the molecule is CCOC(=O)CCNC(=O)C1=CN2C3CCCCC3OC3C(N4CCC(NC(=O)OC(C)(C)C)C4)C(F)CC(C1=O)C32. The first kappa shape index (κ1) is 30.7. The van der Waals surface area contributed by atoms with E-state index in [-0.39, 0.29) is 61.6 Å². The molecule has 2 N–H and O–H groups in total. The van der Waals surface area contributed by atoms with E-state index >= 15 is 4.39 Å². The predicted octanol–water partition coefficient (Wildman–Crippen LogP) is 2.23. The molecule has 0 bridgehead atoms. The minimum Gasteiger partial charge on any atom is -0.466 e. The second-order valence-corrected chi connectivity index (χ2v) is 13.1. The minimum absolute atomic E-state index is 0.00395. The molecule has 5 rings (SSSR count). The summed E-state index contributed by atoms with van der Waals surface area (Å²) < 4.78 is 33.2. The van der Waals surface area contributed by atoms with Crippen LogP contribution in [-0.4, -0.2) is 108 Å². The van der Waals surface area contributed by atoms with Gasteiger partial charge in [0, 0.05) is 37.8 Å². The molecule has 4 fully saturated rings. The molecule has 8 atom stereocenters. The van der Waals surface area contributed by atoms with E-state index in [9.17, 15) is 19.2 Å². The van der Waals surface area contributed by atoms with Crippen LogP contribution in [0.2, 0.25) is 0 Å². The fourth-order valence-corrected chi connectivity index (χ4v) is 7.42. The van der Waals surface area contributed by atoms with Crippen molar-refractivity contribution < 1.29 is 37.8 Å². The van der Waals surface area contributed by atoms with Crippen LogP contribution in [0.1, 0.15) is 72.6 Å². The van der Waals surface area contributed by atoms with Crippen molar-refractivity contribution in [2.24, 2.45) is 5.92 Å². The molecule has 5 aliphatic rings. The van der Waals surface area contributed by atoms with Gasteiger partial charge in [-0.25, -0.2) is 9.18 Å². The highest BCUT2D eigenvalue weighted by atomic mass is 19.1. The van der Waals surface area contributed by atoms with Gasteiger partial charge in [-0.3, -0.25) is 19.3 Å². The number of alkyl halides is 1. The Morgan fingerprint density at radius 1 is 1.14 bits per heavy atom. The number of carbonyl (C=O) groups excluding carboxylic acids is 4. The average Bonchev–Trinajstić information content (AvgIpc) is 3.36. The summed E-state index contributed by atoms with van der Waals surface area (Å²) in [6.07, 6.45) is 3.58. The number of ketones is 1. The van der Waals surface area contributed by atoms with Gasteiger partial charge in [-0.15, -0.1) is 0 Å². The van der Waals surface area contributed by atoms with Crippen LogP contribution in [0.25, 0.3) is 0 Å². The third-order valence-corrected chi connectivity index (χ3v) is 9.07. The molecule has 0 aromatic heterocycles. The van der Waals surface area contributed by atoms with Gasteiger partial charge in [0.1, 0.15) is 11.8 Å². The van der Waals surface area contributed by atoms with Gasteiger partial charge in [0.2, 0.25) is 0 Å². The number of halogens is 1. The molecule has 2 aliphatic carbocycles. The summed E-state index contributed by atoms with van der Waals surface area (Å²) in [6.45, 7) is 8.50. The first-order chi connectivity index (χ1) is 20.0. The summed E-state index contributed by atoms with van der Waals surface area (Å²) in [7, 11) is 0. The minimum atomic E-state index is -1.34. The number of esters is 1. The maximum atomic E-state index is 16.2. The molecule has 42 heavy (non-hydrogen) atoms. The quantitative estimate of drug-likeness (QED) is 0.338. The van der Waals surface area contributed by atoms with Crippen LogP contribution in [0.4, 0.5) is 9.18 Å². The molecule has 234 valence electrons. The van der Waals surface area contributed by atoms with Gasteiger partial charge in [0.05, 0.1) is 48.9 Å². The number of Topliss-reactive ketones (excluding diaryl/α,β-unsaturated/α-hetero) is 1. The molecule has 8 unspecified atom stereocenters. The topological polar surface area (TPSA) is 127 Å². The summed E-state index contributed by atoms with van der Waals surface area (Å²) >= 11 is 0. The average molecular weight is 593 g/mol.